The second-order valence-corrected chi connectivity index (χ2v) is 3.99. The Morgan fingerprint density at radius 1 is 1.77 bits per heavy atom. The molecule has 0 N–H and O–H groups in total. The molecule has 13 heavy (non-hydrogen) atoms. The zero-order valence-corrected chi connectivity index (χ0v) is 9.19. The molecule has 0 aromatic carbocycles. The van der Waals surface area contributed by atoms with Crippen molar-refractivity contribution < 1.29 is 4.74 Å². The molecule has 1 heterocycles. The van der Waals surface area contributed by atoms with Crippen molar-refractivity contribution in [1.82, 2.24) is 5.01 Å². The van der Waals surface area contributed by atoms with Gasteiger partial charge in [0, 0.05) is 6.54 Å². The Balaban J connectivity index is 2.54. The van der Waals surface area contributed by atoms with E-state index in [2.05, 4.69) is 12.0 Å². The van der Waals surface area contributed by atoms with Crippen LogP contribution >= 0.6 is 23.5 Å². The molecule has 0 aliphatic carbocycles. The molecule has 1 unspecified atom stereocenters. The number of hydrogen-bond acceptors (Lipinski definition) is 6. The molecule has 1 aliphatic heterocycles. The smallest absolute Gasteiger partial charge is 0.285 e. The van der Waals surface area contributed by atoms with E-state index in [1.165, 1.54) is 0 Å². The predicted octanol–water partition coefficient (Wildman–Crippen LogP) is 1.86. The van der Waals surface area contributed by atoms with Gasteiger partial charge in [-0.3, -0.25) is 0 Å². The van der Waals surface area contributed by atoms with E-state index < -0.39 is 0 Å². The summed E-state index contributed by atoms with van der Waals surface area (Å²) in [6.45, 7) is 2.95. The Labute approximate surface area is 86.3 Å². The van der Waals surface area contributed by atoms with Gasteiger partial charge in [0.15, 0.2) is 0 Å². The maximum atomic E-state index is 8.43. The third-order valence-corrected chi connectivity index (χ3v) is 2.63. The normalized spacial score (nSPS) is 20.8. The minimum atomic E-state index is -0.0594. The molecule has 0 radical (unpaired) electrons. The summed E-state index contributed by atoms with van der Waals surface area (Å²) in [7, 11) is 0. The average Bonchev–Trinajstić information content (AvgIpc) is 2.49. The molecule has 6 heteroatoms. The van der Waals surface area contributed by atoms with E-state index in [1.807, 2.05) is 16.7 Å². The van der Waals surface area contributed by atoms with E-state index >= 15 is 0 Å². The number of thioether (sulfide) groups is 2. The second-order valence-electron chi connectivity index (χ2n) is 2.38. The maximum Gasteiger partial charge on any atom is 0.285 e. The molecule has 0 amide bonds. The van der Waals surface area contributed by atoms with Gasteiger partial charge in [0.1, 0.15) is 5.40 Å². The minimum Gasteiger partial charge on any atom is -0.436 e. The molecule has 0 saturated carbocycles. The first-order valence-electron chi connectivity index (χ1n) is 3.92. The first kappa shape index (κ1) is 10.5. The summed E-state index contributed by atoms with van der Waals surface area (Å²) in [6, 6.07) is 0. The molecular formula is C7H11N3OS2. The van der Waals surface area contributed by atoms with E-state index in [-0.39, 0.29) is 5.56 Å². The number of nitrogens with zero attached hydrogens (tertiary/aromatic N) is 3. The van der Waals surface area contributed by atoms with E-state index in [4.69, 9.17) is 10.00 Å². The van der Waals surface area contributed by atoms with Crippen LogP contribution in [-0.4, -0.2) is 28.6 Å². The van der Waals surface area contributed by atoms with Crippen LogP contribution in [-0.2, 0) is 4.74 Å². The average molecular weight is 217 g/mol. The topological polar surface area (TPSA) is 48.6 Å². The molecule has 1 atom stereocenters. The lowest BCUT2D eigenvalue weighted by molar-refractivity contribution is 0.138. The minimum absolute atomic E-state index is 0.0594. The molecule has 0 spiro atoms. The van der Waals surface area contributed by atoms with Crippen molar-refractivity contribution in [3.63, 3.8) is 0 Å². The third-order valence-electron chi connectivity index (χ3n) is 1.44. The van der Waals surface area contributed by atoms with Gasteiger partial charge < -0.3 is 4.74 Å². The highest BCUT2D eigenvalue weighted by atomic mass is 32.2. The van der Waals surface area contributed by atoms with E-state index in [1.54, 1.807) is 11.8 Å². The number of nitriles is 1. The van der Waals surface area contributed by atoms with Gasteiger partial charge in [-0.15, -0.1) is 5.10 Å². The van der Waals surface area contributed by atoms with Crippen LogP contribution in [0.15, 0.2) is 5.10 Å². The lowest BCUT2D eigenvalue weighted by Crippen LogP contribution is -2.25. The quantitative estimate of drug-likeness (QED) is 0.675. The molecule has 0 bridgehead atoms. The fourth-order valence-electron chi connectivity index (χ4n) is 0.960. The molecule has 1 rings (SSSR count). The SMILES string of the molecule is CCCN1N=C(SC#N)OC1SC. The van der Waals surface area contributed by atoms with Gasteiger partial charge in [-0.1, -0.05) is 18.7 Å². The summed E-state index contributed by atoms with van der Waals surface area (Å²) in [5.41, 5.74) is -0.0594. The van der Waals surface area contributed by atoms with E-state index in [0.717, 1.165) is 24.7 Å². The largest absolute Gasteiger partial charge is 0.436 e. The standard InChI is InChI=1S/C7H11N3OS2/c1-3-4-10-7(12-2)11-6(9-10)13-5-8/h7H,3-4H2,1-2H3. The fraction of sp³-hybridized carbons (Fsp3) is 0.714. The van der Waals surface area contributed by atoms with E-state index in [0.29, 0.717) is 5.23 Å². The number of hydrogen-bond donors (Lipinski definition) is 0. The summed E-state index contributed by atoms with van der Waals surface area (Å²) < 4.78 is 5.40. The van der Waals surface area contributed by atoms with Crippen molar-refractivity contribution in [2.75, 3.05) is 12.8 Å². The van der Waals surface area contributed by atoms with Crippen LogP contribution in [0.5, 0.6) is 0 Å². The van der Waals surface area contributed by atoms with Crippen LogP contribution in [0.4, 0.5) is 0 Å². The van der Waals surface area contributed by atoms with Crippen LogP contribution < -0.4 is 0 Å². The highest BCUT2D eigenvalue weighted by molar-refractivity contribution is 8.17. The molecule has 0 saturated heterocycles. The molecule has 0 fully saturated rings. The Bertz CT molecular complexity index is 238. The molecule has 1 aliphatic rings. The van der Waals surface area contributed by atoms with Gasteiger partial charge in [0.05, 0.1) is 11.8 Å². The summed E-state index contributed by atoms with van der Waals surface area (Å²) in [4.78, 5) is 0. The van der Waals surface area contributed by atoms with Gasteiger partial charge >= 0.3 is 0 Å². The molecule has 4 nitrogen and oxygen atoms in total. The molecule has 72 valence electrons. The van der Waals surface area contributed by atoms with Crippen molar-refractivity contribution in [3.8, 4) is 5.40 Å². The van der Waals surface area contributed by atoms with Crippen molar-refractivity contribution in [2.24, 2.45) is 5.10 Å². The summed E-state index contributed by atoms with van der Waals surface area (Å²) in [5.74, 6) is 0. The third kappa shape index (κ3) is 2.71. The lowest BCUT2D eigenvalue weighted by atomic mass is 10.5. The van der Waals surface area contributed by atoms with Gasteiger partial charge in [-0.05, 0) is 12.7 Å². The van der Waals surface area contributed by atoms with Crippen molar-refractivity contribution >= 4 is 28.8 Å². The first-order valence-corrected chi connectivity index (χ1v) is 6.03. The van der Waals surface area contributed by atoms with Crippen LogP contribution in [0.2, 0.25) is 0 Å². The lowest BCUT2D eigenvalue weighted by Gasteiger charge is -2.18. The van der Waals surface area contributed by atoms with Gasteiger partial charge in [0.25, 0.3) is 5.23 Å². The predicted molar refractivity (Wildman–Crippen MR) is 56.0 cm³/mol. The molecule has 0 aromatic heterocycles. The van der Waals surface area contributed by atoms with Crippen molar-refractivity contribution in [1.29, 1.82) is 5.26 Å². The highest BCUT2D eigenvalue weighted by Gasteiger charge is 2.26. The molecule has 0 aromatic rings. The van der Waals surface area contributed by atoms with E-state index in [9.17, 15) is 0 Å². The summed E-state index contributed by atoms with van der Waals surface area (Å²) in [5, 5.41) is 16.9. The second kappa shape index (κ2) is 5.25. The number of hydrazone groups is 1. The Hall–Kier alpha value is -0.540. The van der Waals surface area contributed by atoms with Crippen molar-refractivity contribution in [2.45, 2.75) is 18.9 Å². The zero-order chi connectivity index (χ0) is 9.68. The number of ether oxygens (including phenoxy) is 1. The summed E-state index contributed by atoms with van der Waals surface area (Å²) in [6.07, 6.45) is 2.98. The van der Waals surface area contributed by atoms with Crippen LogP contribution in [0.3, 0.4) is 0 Å². The van der Waals surface area contributed by atoms with Gasteiger partial charge in [-0.25, -0.2) is 5.01 Å². The number of rotatable bonds is 3. The van der Waals surface area contributed by atoms with Gasteiger partial charge in [-0.2, -0.15) is 5.26 Å². The van der Waals surface area contributed by atoms with Crippen LogP contribution in [0.1, 0.15) is 13.3 Å². The Kier molecular flexibility index (Phi) is 4.25. The Morgan fingerprint density at radius 3 is 3.08 bits per heavy atom. The fourth-order valence-corrected chi connectivity index (χ4v) is 1.97. The van der Waals surface area contributed by atoms with Crippen molar-refractivity contribution in [3.05, 3.63) is 0 Å². The maximum absolute atomic E-state index is 8.43. The van der Waals surface area contributed by atoms with Crippen LogP contribution in [0, 0.1) is 10.7 Å². The van der Waals surface area contributed by atoms with Gasteiger partial charge in [0.2, 0.25) is 5.56 Å². The molecular weight excluding hydrogens is 206 g/mol. The zero-order valence-electron chi connectivity index (χ0n) is 7.56. The Morgan fingerprint density at radius 2 is 2.54 bits per heavy atom. The van der Waals surface area contributed by atoms with Crippen LogP contribution in [0.25, 0.3) is 0 Å². The number of thiocyanates is 1. The summed E-state index contributed by atoms with van der Waals surface area (Å²) >= 11 is 2.54. The monoisotopic (exact) mass is 217 g/mol. The highest BCUT2D eigenvalue weighted by Crippen LogP contribution is 2.25. The first-order chi connectivity index (χ1) is 6.31.